The highest BCUT2D eigenvalue weighted by atomic mass is 35.5. The van der Waals surface area contributed by atoms with Crippen LogP contribution in [-0.2, 0) is 6.61 Å². The van der Waals surface area contributed by atoms with Crippen LogP contribution in [0.1, 0.15) is 41.3 Å². The fraction of sp³-hybridized carbons (Fsp3) is 0.235. The van der Waals surface area contributed by atoms with Crippen molar-refractivity contribution in [2.24, 2.45) is 0 Å². The molecule has 0 unspecified atom stereocenters. The van der Waals surface area contributed by atoms with Gasteiger partial charge in [0.2, 0.25) is 0 Å². The molecule has 0 atom stereocenters. The van der Waals surface area contributed by atoms with Crippen LogP contribution in [0.3, 0.4) is 0 Å². The average Bonchev–Trinajstić information content (AvgIpc) is 2.46. The van der Waals surface area contributed by atoms with Crippen molar-refractivity contribution >= 4 is 17.6 Å². The monoisotopic (exact) mass is 304 g/mol. The lowest BCUT2D eigenvalue weighted by Crippen LogP contribution is -2.02. The molecular weight excluding hydrogens is 288 g/mol. The molecule has 2 aromatic rings. The van der Waals surface area contributed by atoms with Crippen molar-refractivity contribution in [2.45, 2.75) is 26.4 Å². The minimum atomic E-state index is -0.991. The zero-order valence-corrected chi connectivity index (χ0v) is 12.7. The molecule has 0 saturated carbocycles. The van der Waals surface area contributed by atoms with E-state index in [9.17, 15) is 4.79 Å². The molecule has 2 aromatic carbocycles. The van der Waals surface area contributed by atoms with Crippen LogP contribution in [-0.4, -0.2) is 11.1 Å². The fourth-order valence-corrected chi connectivity index (χ4v) is 2.28. The highest BCUT2D eigenvalue weighted by Crippen LogP contribution is 2.27. The summed E-state index contributed by atoms with van der Waals surface area (Å²) in [5.74, 6) is 0.200. The molecule has 0 bridgehead atoms. The van der Waals surface area contributed by atoms with Crippen molar-refractivity contribution < 1.29 is 14.6 Å². The Morgan fingerprint density at radius 2 is 1.95 bits per heavy atom. The van der Waals surface area contributed by atoms with Crippen molar-refractivity contribution in [3.63, 3.8) is 0 Å². The molecule has 0 fully saturated rings. The van der Waals surface area contributed by atoms with Crippen LogP contribution in [0, 0.1) is 0 Å². The summed E-state index contributed by atoms with van der Waals surface area (Å²) in [5.41, 5.74) is 2.07. The molecule has 0 amide bonds. The zero-order valence-electron chi connectivity index (χ0n) is 12.0. The Morgan fingerprint density at radius 1 is 1.24 bits per heavy atom. The molecule has 21 heavy (non-hydrogen) atoms. The van der Waals surface area contributed by atoms with Crippen LogP contribution in [0.5, 0.6) is 5.75 Å². The van der Waals surface area contributed by atoms with E-state index in [2.05, 4.69) is 13.8 Å². The number of rotatable bonds is 5. The lowest BCUT2D eigenvalue weighted by atomic mass is 10.0. The van der Waals surface area contributed by atoms with Gasteiger partial charge in [-0.15, -0.1) is 0 Å². The van der Waals surface area contributed by atoms with Crippen LogP contribution < -0.4 is 4.74 Å². The summed E-state index contributed by atoms with van der Waals surface area (Å²) in [7, 11) is 0. The molecule has 0 aliphatic rings. The first-order valence-electron chi connectivity index (χ1n) is 6.72. The predicted octanol–water partition coefficient (Wildman–Crippen LogP) is 4.74. The zero-order chi connectivity index (χ0) is 15.4. The fourth-order valence-electron chi connectivity index (χ4n) is 2.04. The van der Waals surface area contributed by atoms with Crippen molar-refractivity contribution in [1.29, 1.82) is 0 Å². The van der Waals surface area contributed by atoms with E-state index < -0.39 is 5.97 Å². The van der Waals surface area contributed by atoms with Gasteiger partial charge in [0.05, 0.1) is 5.56 Å². The Kier molecular flexibility index (Phi) is 4.86. The molecule has 2 rings (SSSR count). The minimum Gasteiger partial charge on any atom is -0.489 e. The molecule has 3 nitrogen and oxygen atoms in total. The minimum absolute atomic E-state index is 0.173. The first kappa shape index (κ1) is 15.4. The lowest BCUT2D eigenvalue weighted by Gasteiger charge is -2.14. The van der Waals surface area contributed by atoms with Crippen molar-refractivity contribution in [1.82, 2.24) is 0 Å². The Hall–Kier alpha value is -2.00. The molecule has 0 aliphatic carbocycles. The highest BCUT2D eigenvalue weighted by molar-refractivity contribution is 6.31. The Bertz CT molecular complexity index is 650. The summed E-state index contributed by atoms with van der Waals surface area (Å²) in [6, 6.07) is 12.5. The van der Waals surface area contributed by atoms with Gasteiger partial charge in [-0.3, -0.25) is 0 Å². The second kappa shape index (κ2) is 6.64. The van der Waals surface area contributed by atoms with E-state index in [4.69, 9.17) is 21.4 Å². The summed E-state index contributed by atoms with van der Waals surface area (Å²) >= 11 is 6.10. The number of para-hydroxylation sites is 1. The maximum Gasteiger partial charge on any atom is 0.335 e. The molecule has 0 spiro atoms. The summed E-state index contributed by atoms with van der Waals surface area (Å²) in [5, 5.41) is 9.32. The second-order valence-electron chi connectivity index (χ2n) is 5.09. The number of carbonyl (C=O) groups is 1. The van der Waals surface area contributed by atoms with Gasteiger partial charge < -0.3 is 9.84 Å². The van der Waals surface area contributed by atoms with Crippen LogP contribution in [0.4, 0.5) is 0 Å². The normalized spacial score (nSPS) is 10.7. The molecule has 4 heteroatoms. The van der Waals surface area contributed by atoms with Gasteiger partial charge in [0, 0.05) is 10.6 Å². The van der Waals surface area contributed by atoms with E-state index in [1.54, 1.807) is 6.07 Å². The van der Waals surface area contributed by atoms with Gasteiger partial charge in [0.25, 0.3) is 0 Å². The number of carboxylic acid groups (broad SMARTS) is 1. The Morgan fingerprint density at radius 3 is 2.57 bits per heavy atom. The topological polar surface area (TPSA) is 46.5 Å². The summed E-state index contributed by atoms with van der Waals surface area (Å²) in [4.78, 5) is 10.9. The van der Waals surface area contributed by atoms with Crippen LogP contribution in [0.25, 0.3) is 0 Å². The van der Waals surface area contributed by atoms with Crippen molar-refractivity contribution in [2.75, 3.05) is 0 Å². The maximum absolute atomic E-state index is 10.9. The quantitative estimate of drug-likeness (QED) is 0.867. The molecule has 0 radical (unpaired) electrons. The van der Waals surface area contributed by atoms with Crippen molar-refractivity contribution in [3.05, 3.63) is 64.2 Å². The number of halogens is 1. The molecule has 110 valence electrons. The molecule has 1 N–H and O–H groups in total. The number of ether oxygens (including phenoxy) is 1. The third kappa shape index (κ3) is 3.76. The molecule has 0 aliphatic heterocycles. The lowest BCUT2D eigenvalue weighted by molar-refractivity contribution is 0.0697. The maximum atomic E-state index is 10.9. The number of benzene rings is 2. The van der Waals surface area contributed by atoms with E-state index in [1.165, 1.54) is 12.1 Å². The number of hydrogen-bond acceptors (Lipinski definition) is 2. The van der Waals surface area contributed by atoms with E-state index in [0.29, 0.717) is 17.5 Å². The first-order chi connectivity index (χ1) is 9.99. The Labute approximate surface area is 129 Å². The second-order valence-corrected chi connectivity index (χ2v) is 5.50. The van der Waals surface area contributed by atoms with Gasteiger partial charge in [0.1, 0.15) is 12.4 Å². The first-order valence-corrected chi connectivity index (χ1v) is 7.10. The van der Waals surface area contributed by atoms with Crippen LogP contribution >= 0.6 is 11.6 Å². The van der Waals surface area contributed by atoms with Gasteiger partial charge in [0.15, 0.2) is 0 Å². The van der Waals surface area contributed by atoms with Gasteiger partial charge >= 0.3 is 5.97 Å². The van der Waals surface area contributed by atoms with Gasteiger partial charge in [-0.05, 0) is 29.7 Å². The summed E-state index contributed by atoms with van der Waals surface area (Å²) < 4.78 is 5.83. The summed E-state index contributed by atoms with van der Waals surface area (Å²) in [6.45, 7) is 4.52. The number of aromatic carboxylic acids is 1. The summed E-state index contributed by atoms with van der Waals surface area (Å²) in [6.07, 6.45) is 0. The highest BCUT2D eigenvalue weighted by Gasteiger charge is 2.10. The molecule has 0 aromatic heterocycles. The van der Waals surface area contributed by atoms with E-state index >= 15 is 0 Å². The smallest absolute Gasteiger partial charge is 0.335 e. The van der Waals surface area contributed by atoms with E-state index in [-0.39, 0.29) is 5.56 Å². The van der Waals surface area contributed by atoms with E-state index in [1.807, 2.05) is 24.3 Å². The number of carboxylic acids is 1. The Balaban J connectivity index is 2.15. The van der Waals surface area contributed by atoms with Gasteiger partial charge in [-0.1, -0.05) is 49.7 Å². The van der Waals surface area contributed by atoms with Crippen LogP contribution in [0.15, 0.2) is 42.5 Å². The largest absolute Gasteiger partial charge is 0.489 e. The van der Waals surface area contributed by atoms with Gasteiger partial charge in [-0.2, -0.15) is 0 Å². The van der Waals surface area contributed by atoms with Gasteiger partial charge in [-0.25, -0.2) is 4.79 Å². The third-order valence-corrected chi connectivity index (χ3v) is 3.58. The predicted molar refractivity (Wildman–Crippen MR) is 83.3 cm³/mol. The SMILES string of the molecule is CC(C)c1ccccc1OCc1ccc(C(=O)O)cc1Cl. The average molecular weight is 305 g/mol. The number of hydrogen-bond donors (Lipinski definition) is 1. The van der Waals surface area contributed by atoms with E-state index in [0.717, 1.165) is 16.9 Å². The molecular formula is C17H17ClO3. The third-order valence-electron chi connectivity index (χ3n) is 3.22. The molecule has 0 heterocycles. The van der Waals surface area contributed by atoms with Crippen LogP contribution in [0.2, 0.25) is 5.02 Å². The van der Waals surface area contributed by atoms with Crippen molar-refractivity contribution in [3.8, 4) is 5.75 Å². The molecule has 0 saturated heterocycles. The standard InChI is InChI=1S/C17H17ClO3/c1-11(2)14-5-3-4-6-16(14)21-10-13-8-7-12(17(19)20)9-15(13)18/h3-9,11H,10H2,1-2H3,(H,19,20).